The Hall–Kier alpha value is -2.69. The van der Waals surface area contributed by atoms with Gasteiger partial charge in [0.05, 0.1) is 0 Å². The van der Waals surface area contributed by atoms with Gasteiger partial charge in [-0.3, -0.25) is 4.79 Å². The molecule has 2 N–H and O–H groups in total. The Bertz CT molecular complexity index is 676. The molecule has 0 atom stereocenters. The minimum Gasteiger partial charge on any atom is -0.385 e. The molecule has 0 aliphatic rings. The van der Waals surface area contributed by atoms with Crippen LogP contribution in [0.2, 0.25) is 0 Å². The van der Waals surface area contributed by atoms with Crippen molar-refractivity contribution in [1.29, 1.82) is 0 Å². The Morgan fingerprint density at radius 3 is 1.92 bits per heavy atom. The molecule has 0 unspecified atom stereocenters. The Morgan fingerprint density at radius 1 is 0.846 bits per heavy atom. The molecule has 0 aliphatic heterocycles. The van der Waals surface area contributed by atoms with E-state index in [4.69, 9.17) is 0 Å². The lowest BCUT2D eigenvalue weighted by molar-refractivity contribution is -0.115. The maximum absolute atomic E-state index is 12.1. The van der Waals surface area contributed by atoms with Gasteiger partial charge in [-0.1, -0.05) is 0 Å². The number of carbonyl (C=O) groups excluding carboxylic acids is 1. The summed E-state index contributed by atoms with van der Waals surface area (Å²) in [6.45, 7) is 6.91. The summed E-state index contributed by atoms with van der Waals surface area (Å²) in [5, 5.41) is 6.23. The second-order valence-corrected chi connectivity index (χ2v) is 6.39. The van der Waals surface area contributed by atoms with E-state index in [9.17, 15) is 4.79 Å². The molecule has 5 heteroatoms. The summed E-state index contributed by atoms with van der Waals surface area (Å²) in [6, 6.07) is 16.2. The van der Waals surface area contributed by atoms with Crippen LogP contribution in [0.15, 0.2) is 48.5 Å². The third kappa shape index (κ3) is 5.69. The van der Waals surface area contributed by atoms with Gasteiger partial charge in [0.15, 0.2) is 0 Å². The van der Waals surface area contributed by atoms with Crippen LogP contribution < -0.4 is 20.4 Å². The second-order valence-electron chi connectivity index (χ2n) is 6.39. The minimum atomic E-state index is 0.00913. The van der Waals surface area contributed by atoms with E-state index in [1.165, 1.54) is 5.69 Å². The third-order valence-electron chi connectivity index (χ3n) is 4.34. The second kappa shape index (κ2) is 9.70. The fourth-order valence-corrected chi connectivity index (χ4v) is 2.77. The fourth-order valence-electron chi connectivity index (χ4n) is 2.77. The van der Waals surface area contributed by atoms with Crippen molar-refractivity contribution in [1.82, 2.24) is 0 Å². The van der Waals surface area contributed by atoms with Crippen molar-refractivity contribution in [3.05, 3.63) is 48.5 Å². The lowest BCUT2D eigenvalue weighted by Gasteiger charge is -2.21. The van der Waals surface area contributed by atoms with Gasteiger partial charge in [0.25, 0.3) is 0 Å². The molecule has 2 aromatic rings. The molecule has 0 saturated heterocycles. The highest BCUT2D eigenvalue weighted by molar-refractivity contribution is 5.91. The molecular weight excluding hydrogens is 324 g/mol. The van der Waals surface area contributed by atoms with Crippen molar-refractivity contribution >= 4 is 28.7 Å². The predicted molar refractivity (Wildman–Crippen MR) is 113 cm³/mol. The lowest BCUT2D eigenvalue weighted by atomic mass is 10.2. The molecular formula is C21H30N4O. The number of carbonyl (C=O) groups is 1. The highest BCUT2D eigenvalue weighted by atomic mass is 16.1. The largest absolute Gasteiger partial charge is 0.385 e. The zero-order chi connectivity index (χ0) is 18.9. The average Bonchev–Trinajstić information content (AvgIpc) is 2.64. The third-order valence-corrected chi connectivity index (χ3v) is 4.34. The van der Waals surface area contributed by atoms with E-state index in [2.05, 4.69) is 53.6 Å². The molecule has 0 aromatic heterocycles. The van der Waals surface area contributed by atoms with E-state index in [1.54, 1.807) is 0 Å². The summed E-state index contributed by atoms with van der Waals surface area (Å²) in [7, 11) is 3.99. The summed E-state index contributed by atoms with van der Waals surface area (Å²) in [6.07, 6.45) is 0.424. The fraction of sp³-hybridized carbons (Fsp3) is 0.381. The monoisotopic (exact) mass is 354 g/mol. The van der Waals surface area contributed by atoms with E-state index in [0.717, 1.165) is 30.2 Å². The summed E-state index contributed by atoms with van der Waals surface area (Å²) in [5.74, 6) is 0.00913. The van der Waals surface area contributed by atoms with Crippen LogP contribution in [0, 0.1) is 0 Å². The Kier molecular flexibility index (Phi) is 7.33. The number of nitrogens with zero attached hydrogens (tertiary/aromatic N) is 2. The van der Waals surface area contributed by atoms with E-state index >= 15 is 0 Å². The molecule has 1 amide bonds. The quantitative estimate of drug-likeness (QED) is 0.713. The van der Waals surface area contributed by atoms with E-state index in [1.807, 2.05) is 43.3 Å². The van der Waals surface area contributed by atoms with Gasteiger partial charge < -0.3 is 20.4 Å². The predicted octanol–water partition coefficient (Wildman–Crippen LogP) is 4.04. The van der Waals surface area contributed by atoms with Crippen LogP contribution in [-0.4, -0.2) is 39.6 Å². The van der Waals surface area contributed by atoms with Gasteiger partial charge in [0, 0.05) is 62.9 Å². The molecule has 140 valence electrons. The SMILES string of the molecule is CCN(CC)c1ccc(NCCC(=O)Nc2ccc(N(C)C)cc2)cc1. The Labute approximate surface area is 157 Å². The normalized spacial score (nSPS) is 10.3. The van der Waals surface area contributed by atoms with Crippen molar-refractivity contribution in [3.8, 4) is 0 Å². The maximum Gasteiger partial charge on any atom is 0.226 e. The van der Waals surface area contributed by atoms with Gasteiger partial charge in [0.1, 0.15) is 0 Å². The van der Waals surface area contributed by atoms with Crippen molar-refractivity contribution < 1.29 is 4.79 Å². The van der Waals surface area contributed by atoms with Gasteiger partial charge in [0.2, 0.25) is 5.91 Å². The Morgan fingerprint density at radius 2 is 1.38 bits per heavy atom. The molecule has 0 radical (unpaired) electrons. The lowest BCUT2D eigenvalue weighted by Crippen LogP contribution is -2.21. The standard InChI is InChI=1S/C21H30N4O/c1-5-25(6-2)20-13-7-17(8-14-20)22-16-15-21(26)23-18-9-11-19(12-10-18)24(3)4/h7-14,22H,5-6,15-16H2,1-4H3,(H,23,26). The first-order valence-corrected chi connectivity index (χ1v) is 9.19. The van der Waals surface area contributed by atoms with Gasteiger partial charge in [-0.15, -0.1) is 0 Å². The minimum absolute atomic E-state index is 0.00913. The summed E-state index contributed by atoms with van der Waals surface area (Å²) in [5.41, 5.74) is 4.19. The topological polar surface area (TPSA) is 47.6 Å². The molecule has 0 bridgehead atoms. The summed E-state index contributed by atoms with van der Waals surface area (Å²) >= 11 is 0. The maximum atomic E-state index is 12.1. The first-order valence-electron chi connectivity index (χ1n) is 9.19. The highest BCUT2D eigenvalue weighted by Crippen LogP contribution is 2.18. The van der Waals surface area contributed by atoms with Crippen LogP contribution >= 0.6 is 0 Å². The van der Waals surface area contributed by atoms with Crippen LogP contribution in [0.1, 0.15) is 20.3 Å². The number of hydrogen-bond acceptors (Lipinski definition) is 4. The zero-order valence-corrected chi connectivity index (χ0v) is 16.2. The van der Waals surface area contributed by atoms with Gasteiger partial charge in [-0.05, 0) is 62.4 Å². The first kappa shape index (κ1) is 19.6. The van der Waals surface area contributed by atoms with Crippen LogP contribution in [0.5, 0.6) is 0 Å². The molecule has 2 aromatic carbocycles. The number of benzene rings is 2. The van der Waals surface area contributed by atoms with Crippen LogP contribution in [0.25, 0.3) is 0 Å². The van der Waals surface area contributed by atoms with Crippen LogP contribution in [-0.2, 0) is 4.79 Å². The van der Waals surface area contributed by atoms with Crippen molar-refractivity contribution in [3.63, 3.8) is 0 Å². The Balaban J connectivity index is 1.77. The highest BCUT2D eigenvalue weighted by Gasteiger charge is 2.04. The van der Waals surface area contributed by atoms with E-state index < -0.39 is 0 Å². The zero-order valence-electron chi connectivity index (χ0n) is 16.2. The van der Waals surface area contributed by atoms with Gasteiger partial charge >= 0.3 is 0 Å². The van der Waals surface area contributed by atoms with Gasteiger partial charge in [-0.2, -0.15) is 0 Å². The molecule has 0 heterocycles. The molecule has 0 saturated carbocycles. The van der Waals surface area contributed by atoms with Crippen molar-refractivity contribution in [2.75, 3.05) is 54.2 Å². The van der Waals surface area contributed by atoms with Gasteiger partial charge in [-0.25, -0.2) is 0 Å². The number of amides is 1. The van der Waals surface area contributed by atoms with Crippen molar-refractivity contribution in [2.24, 2.45) is 0 Å². The smallest absolute Gasteiger partial charge is 0.226 e. The number of nitrogens with one attached hydrogen (secondary N) is 2. The summed E-state index contributed by atoms with van der Waals surface area (Å²) in [4.78, 5) is 16.4. The molecule has 0 aliphatic carbocycles. The molecule has 26 heavy (non-hydrogen) atoms. The number of rotatable bonds is 9. The molecule has 0 fully saturated rings. The van der Waals surface area contributed by atoms with Crippen LogP contribution in [0.3, 0.4) is 0 Å². The summed E-state index contributed by atoms with van der Waals surface area (Å²) < 4.78 is 0. The average molecular weight is 354 g/mol. The van der Waals surface area contributed by atoms with Crippen molar-refractivity contribution in [2.45, 2.75) is 20.3 Å². The van der Waals surface area contributed by atoms with E-state index in [-0.39, 0.29) is 5.91 Å². The first-order chi connectivity index (χ1) is 12.5. The van der Waals surface area contributed by atoms with Crippen LogP contribution in [0.4, 0.5) is 22.7 Å². The molecule has 0 spiro atoms. The molecule has 2 rings (SSSR count). The van der Waals surface area contributed by atoms with E-state index in [0.29, 0.717) is 13.0 Å². The molecule has 5 nitrogen and oxygen atoms in total. The number of hydrogen-bond donors (Lipinski definition) is 2. The number of anilines is 4.